The van der Waals surface area contributed by atoms with Gasteiger partial charge in [0.2, 0.25) is 0 Å². The van der Waals surface area contributed by atoms with Crippen LogP contribution < -0.4 is 9.47 Å². The molecule has 0 aliphatic heterocycles. The Bertz CT molecular complexity index is 468. The van der Waals surface area contributed by atoms with Crippen molar-refractivity contribution < 1.29 is 34.1 Å². The van der Waals surface area contributed by atoms with E-state index in [1.807, 2.05) is 0 Å². The van der Waals surface area contributed by atoms with Crippen LogP contribution in [0.5, 0.6) is 11.5 Å². The molecule has 1 rings (SSSR count). The van der Waals surface area contributed by atoms with Crippen LogP contribution >= 0.6 is 0 Å². The van der Waals surface area contributed by atoms with Crippen LogP contribution in [0.15, 0.2) is 18.2 Å². The first-order valence-corrected chi connectivity index (χ1v) is 7.10. The van der Waals surface area contributed by atoms with Gasteiger partial charge in [-0.1, -0.05) is 0 Å². The number of aliphatic hydroxyl groups is 2. The summed E-state index contributed by atoms with van der Waals surface area (Å²) in [6.45, 7) is 1.16. The van der Waals surface area contributed by atoms with Crippen molar-refractivity contribution in [3.63, 3.8) is 0 Å². The molecule has 0 fully saturated rings. The fourth-order valence-electron chi connectivity index (χ4n) is 1.60. The minimum absolute atomic E-state index is 0.0697. The lowest BCUT2D eigenvalue weighted by Crippen LogP contribution is -2.12. The second-order valence-electron chi connectivity index (χ2n) is 4.26. The normalized spacial score (nSPS) is 10.5. The fraction of sp³-hybridized carbons (Fsp3) is 0.571. The Morgan fingerprint density at radius 2 is 1.43 bits per heavy atom. The first-order valence-electron chi connectivity index (χ1n) is 7.10. The molecule has 9 heteroatoms. The molecule has 0 aromatic heterocycles. The molecule has 0 atom stereocenters. The van der Waals surface area contributed by atoms with Gasteiger partial charge in [0, 0.05) is 6.07 Å². The summed E-state index contributed by atoms with van der Waals surface area (Å²) in [4.78, 5) is 10.3. The van der Waals surface area contributed by atoms with Crippen molar-refractivity contribution in [2.24, 2.45) is 0 Å². The average Bonchev–Trinajstić information content (AvgIpc) is 2.55. The standard InChI is InChI=1S/C14H21NO8/c16-3-5-20-7-9-22-13-2-1-12(15(18)19)11-14(13)23-10-8-21-6-4-17/h1-2,11,16-17H,3-10H2. The van der Waals surface area contributed by atoms with Crippen molar-refractivity contribution in [3.05, 3.63) is 28.3 Å². The lowest BCUT2D eigenvalue weighted by Gasteiger charge is -2.13. The van der Waals surface area contributed by atoms with E-state index in [4.69, 9.17) is 29.2 Å². The van der Waals surface area contributed by atoms with E-state index in [9.17, 15) is 10.1 Å². The van der Waals surface area contributed by atoms with E-state index in [1.54, 1.807) is 0 Å². The molecule has 0 unspecified atom stereocenters. The summed E-state index contributed by atoms with van der Waals surface area (Å²) in [6, 6.07) is 4.04. The van der Waals surface area contributed by atoms with Gasteiger partial charge in [-0.25, -0.2) is 0 Å². The zero-order chi connectivity index (χ0) is 16.9. The molecular weight excluding hydrogens is 310 g/mol. The van der Waals surface area contributed by atoms with Gasteiger partial charge < -0.3 is 29.2 Å². The van der Waals surface area contributed by atoms with Gasteiger partial charge in [-0.05, 0) is 6.07 Å². The van der Waals surface area contributed by atoms with E-state index < -0.39 is 4.92 Å². The minimum Gasteiger partial charge on any atom is -0.487 e. The first kappa shape index (κ1) is 19.1. The molecule has 0 saturated carbocycles. The zero-order valence-electron chi connectivity index (χ0n) is 12.7. The van der Waals surface area contributed by atoms with Crippen LogP contribution in [-0.4, -0.2) is 68.0 Å². The van der Waals surface area contributed by atoms with E-state index >= 15 is 0 Å². The predicted molar refractivity (Wildman–Crippen MR) is 79.9 cm³/mol. The SMILES string of the molecule is O=[N+]([O-])c1ccc(OCCOCCO)c(OCCOCCO)c1. The number of nitro benzene ring substituents is 1. The number of nitrogens with zero attached hydrogens (tertiary/aromatic N) is 1. The van der Waals surface area contributed by atoms with Crippen LogP contribution in [-0.2, 0) is 9.47 Å². The van der Waals surface area contributed by atoms with Crippen molar-refractivity contribution in [3.8, 4) is 11.5 Å². The molecule has 0 radical (unpaired) electrons. The molecule has 0 amide bonds. The number of ether oxygens (including phenoxy) is 4. The van der Waals surface area contributed by atoms with E-state index in [0.717, 1.165) is 0 Å². The smallest absolute Gasteiger partial charge is 0.273 e. The average molecular weight is 331 g/mol. The molecule has 2 N–H and O–H groups in total. The molecule has 0 aliphatic carbocycles. The topological polar surface area (TPSA) is 121 Å². The van der Waals surface area contributed by atoms with Gasteiger partial charge in [-0.15, -0.1) is 0 Å². The number of rotatable bonds is 13. The highest BCUT2D eigenvalue weighted by molar-refractivity contribution is 5.48. The molecule has 23 heavy (non-hydrogen) atoms. The lowest BCUT2D eigenvalue weighted by atomic mass is 10.3. The second-order valence-corrected chi connectivity index (χ2v) is 4.26. The van der Waals surface area contributed by atoms with Gasteiger partial charge in [0.15, 0.2) is 11.5 Å². The third-order valence-electron chi connectivity index (χ3n) is 2.58. The monoisotopic (exact) mass is 331 g/mol. The van der Waals surface area contributed by atoms with Gasteiger partial charge >= 0.3 is 0 Å². The molecule has 9 nitrogen and oxygen atoms in total. The highest BCUT2D eigenvalue weighted by atomic mass is 16.6. The molecule has 0 bridgehead atoms. The summed E-state index contributed by atoms with van der Waals surface area (Å²) in [5.74, 6) is 0.583. The highest BCUT2D eigenvalue weighted by Gasteiger charge is 2.13. The third kappa shape index (κ3) is 7.75. The van der Waals surface area contributed by atoms with Gasteiger partial charge in [-0.2, -0.15) is 0 Å². The Morgan fingerprint density at radius 1 is 0.870 bits per heavy atom. The Balaban J connectivity index is 2.57. The summed E-state index contributed by atoms with van der Waals surface area (Å²) in [6.07, 6.45) is 0. The number of benzene rings is 1. The molecule has 0 saturated heterocycles. The molecule has 0 aliphatic rings. The molecule has 1 aromatic rings. The Hall–Kier alpha value is -1.94. The van der Waals surface area contributed by atoms with E-state index in [2.05, 4.69) is 0 Å². The molecule has 0 spiro atoms. The van der Waals surface area contributed by atoms with Gasteiger partial charge in [0.05, 0.1) is 50.6 Å². The van der Waals surface area contributed by atoms with Crippen molar-refractivity contribution in [1.29, 1.82) is 0 Å². The van der Waals surface area contributed by atoms with Crippen molar-refractivity contribution >= 4 is 5.69 Å². The van der Waals surface area contributed by atoms with E-state index in [0.29, 0.717) is 5.75 Å². The van der Waals surface area contributed by atoms with E-state index in [1.165, 1.54) is 18.2 Å². The summed E-state index contributed by atoms with van der Waals surface area (Å²) in [5, 5.41) is 28.0. The number of hydrogen-bond donors (Lipinski definition) is 2. The van der Waals surface area contributed by atoms with Crippen LogP contribution in [0.1, 0.15) is 0 Å². The van der Waals surface area contributed by atoms with Crippen molar-refractivity contribution in [2.75, 3.05) is 52.9 Å². The van der Waals surface area contributed by atoms with Crippen LogP contribution in [0.25, 0.3) is 0 Å². The van der Waals surface area contributed by atoms with Crippen molar-refractivity contribution in [1.82, 2.24) is 0 Å². The number of aliphatic hydroxyl groups excluding tert-OH is 2. The van der Waals surface area contributed by atoms with Crippen LogP contribution in [0.2, 0.25) is 0 Å². The maximum atomic E-state index is 10.8. The zero-order valence-corrected chi connectivity index (χ0v) is 12.7. The largest absolute Gasteiger partial charge is 0.487 e. The predicted octanol–water partition coefficient (Wildman–Crippen LogP) is 0.370. The van der Waals surface area contributed by atoms with Crippen LogP contribution in [0.3, 0.4) is 0 Å². The van der Waals surface area contributed by atoms with Gasteiger partial charge in [0.1, 0.15) is 13.2 Å². The quantitative estimate of drug-likeness (QED) is 0.302. The third-order valence-corrected chi connectivity index (χ3v) is 2.58. The number of hydrogen-bond acceptors (Lipinski definition) is 8. The Kier molecular flexibility index (Phi) is 9.64. The fourth-order valence-corrected chi connectivity index (χ4v) is 1.60. The van der Waals surface area contributed by atoms with Crippen LogP contribution in [0, 0.1) is 10.1 Å². The van der Waals surface area contributed by atoms with Crippen molar-refractivity contribution in [2.45, 2.75) is 0 Å². The molecule has 1 aromatic carbocycles. The summed E-state index contributed by atoms with van der Waals surface area (Å²) < 4.78 is 21.0. The number of non-ortho nitro benzene ring substituents is 1. The summed E-state index contributed by atoms with van der Waals surface area (Å²) in [7, 11) is 0. The molecule has 130 valence electrons. The molecular formula is C14H21NO8. The molecule has 0 heterocycles. The Labute approximate surface area is 133 Å². The lowest BCUT2D eigenvalue weighted by molar-refractivity contribution is -0.385. The summed E-state index contributed by atoms with van der Waals surface area (Å²) >= 11 is 0. The maximum Gasteiger partial charge on any atom is 0.273 e. The Morgan fingerprint density at radius 3 is 1.96 bits per heavy atom. The highest BCUT2D eigenvalue weighted by Crippen LogP contribution is 2.31. The van der Waals surface area contributed by atoms with E-state index in [-0.39, 0.29) is 64.3 Å². The maximum absolute atomic E-state index is 10.8. The number of nitro groups is 1. The minimum atomic E-state index is -0.525. The second kappa shape index (κ2) is 11.6. The van der Waals surface area contributed by atoms with Gasteiger partial charge in [-0.3, -0.25) is 10.1 Å². The first-order chi connectivity index (χ1) is 11.2. The van der Waals surface area contributed by atoms with Gasteiger partial charge in [0.25, 0.3) is 5.69 Å². The van der Waals surface area contributed by atoms with Crippen LogP contribution in [0.4, 0.5) is 5.69 Å². The summed E-state index contributed by atoms with van der Waals surface area (Å²) in [5.41, 5.74) is -0.111.